The van der Waals surface area contributed by atoms with Crippen LogP contribution in [0.3, 0.4) is 0 Å². The summed E-state index contributed by atoms with van der Waals surface area (Å²) in [7, 11) is 0. The predicted octanol–water partition coefficient (Wildman–Crippen LogP) is 0.881. The minimum Gasteiger partial charge on any atom is -0.366 e. The molecule has 1 aromatic carbocycles. The van der Waals surface area contributed by atoms with Gasteiger partial charge in [-0.05, 0) is 11.8 Å². The molecule has 3 N–H and O–H groups in total. The van der Waals surface area contributed by atoms with Gasteiger partial charge in [0.1, 0.15) is 0 Å². The van der Waals surface area contributed by atoms with Gasteiger partial charge >= 0.3 is 0 Å². The monoisotopic (exact) mass is 337 g/mol. The Labute approximate surface area is 112 Å². The maximum atomic E-state index is 8.82. The summed E-state index contributed by atoms with van der Waals surface area (Å²) >= 11 is 0. The van der Waals surface area contributed by atoms with E-state index in [-0.39, 0.29) is 30.5 Å². The lowest BCUT2D eigenvalue weighted by Gasteiger charge is -2.25. The average Bonchev–Trinajstić information content (AvgIpc) is 2.16. The van der Waals surface area contributed by atoms with Gasteiger partial charge in [-0.15, -0.1) is 24.0 Å². The first-order valence-electron chi connectivity index (χ1n) is 4.59. The molecule has 0 aromatic heterocycles. The van der Waals surface area contributed by atoms with Gasteiger partial charge in [0.05, 0.1) is 6.54 Å². The van der Waals surface area contributed by atoms with Gasteiger partial charge in [-0.1, -0.05) is 36.9 Å². The highest BCUT2D eigenvalue weighted by Gasteiger charge is 2.20. The Morgan fingerprint density at radius 1 is 1.19 bits per heavy atom. The van der Waals surface area contributed by atoms with Crippen molar-refractivity contribution in [2.75, 3.05) is 6.54 Å². The summed E-state index contributed by atoms with van der Waals surface area (Å²) in [6, 6.07) is 9.49. The molecule has 0 fully saturated rings. The Kier molecular flexibility index (Phi) is 6.58. The molecule has 0 bridgehead atoms. The summed E-state index contributed by atoms with van der Waals surface area (Å²) in [5.41, 5.74) is 1.00. The molecule has 0 radical (unpaired) electrons. The van der Waals surface area contributed by atoms with E-state index in [9.17, 15) is 0 Å². The van der Waals surface area contributed by atoms with Crippen molar-refractivity contribution in [1.82, 2.24) is 4.90 Å². The molecule has 0 aliphatic heterocycles. The molecule has 0 saturated carbocycles. The molecule has 5 heteroatoms. The van der Waals surface area contributed by atoms with Crippen LogP contribution in [0.2, 0.25) is 0 Å². The van der Waals surface area contributed by atoms with Gasteiger partial charge in [-0.25, -0.2) is 0 Å². The van der Waals surface area contributed by atoms with Crippen LogP contribution in [0.5, 0.6) is 0 Å². The van der Waals surface area contributed by atoms with Crippen molar-refractivity contribution >= 4 is 24.0 Å². The van der Waals surface area contributed by atoms with E-state index >= 15 is 0 Å². The van der Waals surface area contributed by atoms with Gasteiger partial charge in [-0.3, -0.25) is 0 Å². The minimum atomic E-state index is -2.69. The number of hydrogen-bond acceptors (Lipinski definition) is 4. The molecule has 0 atom stereocenters. The zero-order valence-corrected chi connectivity index (χ0v) is 11.1. The first-order valence-corrected chi connectivity index (χ1v) is 4.59. The highest BCUT2D eigenvalue weighted by atomic mass is 127. The lowest BCUT2D eigenvalue weighted by atomic mass is 10.2. The summed E-state index contributed by atoms with van der Waals surface area (Å²) < 4.78 is 0. The second-order valence-electron chi connectivity index (χ2n) is 3.35. The molecular formula is C11H16INO3. The van der Waals surface area contributed by atoms with Gasteiger partial charge in [0.15, 0.2) is 0 Å². The highest BCUT2D eigenvalue weighted by Crippen LogP contribution is 2.07. The van der Waals surface area contributed by atoms with Crippen LogP contribution in [0.25, 0.3) is 0 Å². The summed E-state index contributed by atoms with van der Waals surface area (Å²) in [5.74, 6) is -2.69. The molecule has 0 saturated heterocycles. The van der Waals surface area contributed by atoms with Crippen LogP contribution in [0.4, 0.5) is 0 Å². The van der Waals surface area contributed by atoms with E-state index in [1.54, 1.807) is 0 Å². The molecule has 0 aliphatic carbocycles. The fraction of sp³-hybridized carbons (Fsp3) is 0.273. The first kappa shape index (κ1) is 15.4. The molecule has 1 aromatic rings. The molecule has 16 heavy (non-hydrogen) atoms. The molecule has 0 heterocycles. The molecule has 0 unspecified atom stereocenters. The quantitative estimate of drug-likeness (QED) is 0.551. The van der Waals surface area contributed by atoms with Crippen molar-refractivity contribution in [3.8, 4) is 0 Å². The molecule has 0 aliphatic rings. The first-order chi connectivity index (χ1) is 7.01. The van der Waals surface area contributed by atoms with Crippen LogP contribution in [0.1, 0.15) is 5.56 Å². The summed E-state index contributed by atoms with van der Waals surface area (Å²) in [4.78, 5) is 1.51. The molecule has 4 nitrogen and oxygen atoms in total. The maximum Gasteiger partial charge on any atom is 0.293 e. The zero-order chi connectivity index (χ0) is 11.3. The van der Waals surface area contributed by atoms with Crippen molar-refractivity contribution < 1.29 is 15.3 Å². The second kappa shape index (κ2) is 6.85. The largest absolute Gasteiger partial charge is 0.366 e. The number of halogens is 1. The van der Waals surface area contributed by atoms with Gasteiger partial charge in [0.2, 0.25) is 0 Å². The molecule has 0 amide bonds. The number of rotatable bonds is 5. The number of nitrogens with zero attached hydrogens (tertiary/aromatic N) is 1. The lowest BCUT2D eigenvalue weighted by Crippen LogP contribution is -2.40. The Hall–Kier alpha value is -0.630. The summed E-state index contributed by atoms with van der Waals surface area (Å²) in [6.07, 6.45) is 1.45. The lowest BCUT2D eigenvalue weighted by molar-refractivity contribution is -0.315. The highest BCUT2D eigenvalue weighted by molar-refractivity contribution is 14.0. The molecule has 90 valence electrons. The van der Waals surface area contributed by atoms with Crippen LogP contribution in [0, 0.1) is 0 Å². The average molecular weight is 337 g/mol. The van der Waals surface area contributed by atoms with E-state index in [1.165, 1.54) is 11.1 Å². The van der Waals surface area contributed by atoms with Crippen molar-refractivity contribution in [2.24, 2.45) is 0 Å². The van der Waals surface area contributed by atoms with Crippen molar-refractivity contribution in [3.05, 3.63) is 48.7 Å². The van der Waals surface area contributed by atoms with E-state index in [0.717, 1.165) is 5.56 Å². The summed E-state index contributed by atoms with van der Waals surface area (Å²) in [6.45, 7) is 3.70. The van der Waals surface area contributed by atoms with Gasteiger partial charge < -0.3 is 20.2 Å². The van der Waals surface area contributed by atoms with Crippen LogP contribution < -0.4 is 0 Å². The van der Waals surface area contributed by atoms with E-state index in [1.807, 2.05) is 30.3 Å². The zero-order valence-electron chi connectivity index (χ0n) is 8.78. The van der Waals surface area contributed by atoms with Crippen LogP contribution in [-0.4, -0.2) is 32.7 Å². The summed E-state index contributed by atoms with van der Waals surface area (Å²) in [5, 5.41) is 26.5. The van der Waals surface area contributed by atoms with E-state index in [2.05, 4.69) is 6.58 Å². The standard InChI is InChI=1S/C11H15NO3.HI/c1-2-12(9-11(13,14)15)8-10-6-4-3-5-7-10;/h2-7,13-15H,1,8-9H2;1H. The Balaban J connectivity index is 0.00000225. The topological polar surface area (TPSA) is 63.9 Å². The van der Waals surface area contributed by atoms with E-state index in [4.69, 9.17) is 15.3 Å². The van der Waals surface area contributed by atoms with Crippen LogP contribution >= 0.6 is 24.0 Å². The molecular weight excluding hydrogens is 321 g/mol. The second-order valence-corrected chi connectivity index (χ2v) is 3.35. The molecule has 1 rings (SSSR count). The normalized spacial score (nSPS) is 10.4. The van der Waals surface area contributed by atoms with Crippen molar-refractivity contribution in [1.29, 1.82) is 0 Å². The fourth-order valence-corrected chi connectivity index (χ4v) is 1.28. The third-order valence-electron chi connectivity index (χ3n) is 1.90. The maximum absolute atomic E-state index is 8.82. The van der Waals surface area contributed by atoms with Crippen LogP contribution in [0.15, 0.2) is 43.1 Å². The van der Waals surface area contributed by atoms with Gasteiger partial charge in [0.25, 0.3) is 5.97 Å². The van der Waals surface area contributed by atoms with E-state index < -0.39 is 5.97 Å². The minimum absolute atomic E-state index is 0. The number of aliphatic hydroxyl groups is 3. The Bertz CT molecular complexity index is 311. The number of hydrogen-bond donors (Lipinski definition) is 3. The smallest absolute Gasteiger partial charge is 0.293 e. The third-order valence-corrected chi connectivity index (χ3v) is 1.90. The number of benzene rings is 1. The third kappa shape index (κ3) is 6.06. The van der Waals surface area contributed by atoms with E-state index in [0.29, 0.717) is 6.54 Å². The fourth-order valence-electron chi connectivity index (χ4n) is 1.28. The van der Waals surface area contributed by atoms with Crippen molar-refractivity contribution in [3.63, 3.8) is 0 Å². The Morgan fingerprint density at radius 3 is 2.19 bits per heavy atom. The predicted molar refractivity (Wildman–Crippen MR) is 71.9 cm³/mol. The molecule has 0 spiro atoms. The Morgan fingerprint density at radius 2 is 1.75 bits per heavy atom. The SMILES string of the molecule is C=CN(Cc1ccccc1)CC(O)(O)O.I. The van der Waals surface area contributed by atoms with Crippen molar-refractivity contribution in [2.45, 2.75) is 12.5 Å². The van der Waals surface area contributed by atoms with Gasteiger partial charge in [0, 0.05) is 6.54 Å². The van der Waals surface area contributed by atoms with Gasteiger partial charge in [-0.2, -0.15) is 0 Å². The van der Waals surface area contributed by atoms with Crippen LogP contribution in [-0.2, 0) is 6.54 Å².